The molecule has 0 atom stereocenters. The third kappa shape index (κ3) is 6.32. The van der Waals surface area contributed by atoms with Gasteiger partial charge in [0.2, 0.25) is 0 Å². The SMILES string of the molecule is CCCCCCOc1ccc(CNCc2cccs2)cc1. The van der Waals surface area contributed by atoms with Gasteiger partial charge in [0.15, 0.2) is 0 Å². The van der Waals surface area contributed by atoms with Crippen molar-refractivity contribution in [2.45, 2.75) is 45.7 Å². The highest BCUT2D eigenvalue weighted by Gasteiger charge is 1.97. The first-order chi connectivity index (χ1) is 10.4. The first kappa shape index (κ1) is 16.1. The Morgan fingerprint density at radius 1 is 1.00 bits per heavy atom. The van der Waals surface area contributed by atoms with E-state index in [1.54, 1.807) is 11.3 Å². The molecule has 0 aliphatic heterocycles. The maximum Gasteiger partial charge on any atom is 0.119 e. The Hall–Kier alpha value is -1.32. The molecule has 0 radical (unpaired) electrons. The van der Waals surface area contributed by atoms with Gasteiger partial charge in [-0.3, -0.25) is 0 Å². The molecule has 0 fully saturated rings. The molecule has 2 aromatic rings. The van der Waals surface area contributed by atoms with E-state index in [1.807, 2.05) is 0 Å². The van der Waals surface area contributed by atoms with E-state index >= 15 is 0 Å². The summed E-state index contributed by atoms with van der Waals surface area (Å²) in [5.41, 5.74) is 1.30. The second-order valence-corrected chi connectivity index (χ2v) is 6.27. The van der Waals surface area contributed by atoms with E-state index in [9.17, 15) is 0 Å². The lowest BCUT2D eigenvalue weighted by molar-refractivity contribution is 0.305. The summed E-state index contributed by atoms with van der Waals surface area (Å²) in [6.07, 6.45) is 4.99. The number of benzene rings is 1. The second kappa shape index (κ2) is 9.59. The van der Waals surface area contributed by atoms with Crippen LogP contribution >= 0.6 is 11.3 Å². The number of ether oxygens (including phenoxy) is 1. The monoisotopic (exact) mass is 303 g/mol. The molecule has 0 aliphatic carbocycles. The molecule has 0 spiro atoms. The molecular formula is C18H25NOS. The minimum absolute atomic E-state index is 0.829. The van der Waals surface area contributed by atoms with Crippen LogP contribution in [0.3, 0.4) is 0 Å². The van der Waals surface area contributed by atoms with E-state index in [4.69, 9.17) is 4.74 Å². The van der Waals surface area contributed by atoms with Crippen molar-refractivity contribution in [1.82, 2.24) is 5.32 Å². The Kier molecular flexibility index (Phi) is 7.33. The van der Waals surface area contributed by atoms with E-state index in [2.05, 4.69) is 54.0 Å². The van der Waals surface area contributed by atoms with Gasteiger partial charge in [-0.05, 0) is 35.6 Å². The van der Waals surface area contributed by atoms with Gasteiger partial charge in [-0.2, -0.15) is 0 Å². The Balaban J connectivity index is 1.64. The molecule has 2 nitrogen and oxygen atoms in total. The zero-order chi connectivity index (χ0) is 14.8. The molecule has 3 heteroatoms. The zero-order valence-corrected chi connectivity index (χ0v) is 13.6. The lowest BCUT2D eigenvalue weighted by Crippen LogP contribution is -2.11. The summed E-state index contributed by atoms with van der Waals surface area (Å²) in [6, 6.07) is 12.7. The zero-order valence-electron chi connectivity index (χ0n) is 12.8. The Morgan fingerprint density at radius 2 is 1.86 bits per heavy atom. The van der Waals surface area contributed by atoms with Crippen LogP contribution in [0.25, 0.3) is 0 Å². The Labute approximate surface area is 132 Å². The van der Waals surface area contributed by atoms with Crippen molar-refractivity contribution >= 4 is 11.3 Å². The molecule has 1 heterocycles. The van der Waals surface area contributed by atoms with Gasteiger partial charge in [0.05, 0.1) is 6.61 Å². The minimum Gasteiger partial charge on any atom is -0.494 e. The Bertz CT molecular complexity index is 478. The van der Waals surface area contributed by atoms with Crippen molar-refractivity contribution in [2.75, 3.05) is 6.61 Å². The van der Waals surface area contributed by atoms with Crippen molar-refractivity contribution in [3.63, 3.8) is 0 Å². The first-order valence-electron chi connectivity index (χ1n) is 7.83. The van der Waals surface area contributed by atoms with Crippen molar-refractivity contribution in [1.29, 1.82) is 0 Å². The molecule has 2 rings (SSSR count). The minimum atomic E-state index is 0.829. The second-order valence-electron chi connectivity index (χ2n) is 5.24. The highest BCUT2D eigenvalue weighted by Crippen LogP contribution is 2.13. The molecule has 1 aromatic carbocycles. The highest BCUT2D eigenvalue weighted by atomic mass is 32.1. The van der Waals surface area contributed by atoms with Crippen LogP contribution in [-0.4, -0.2) is 6.61 Å². The van der Waals surface area contributed by atoms with E-state index < -0.39 is 0 Å². The van der Waals surface area contributed by atoms with E-state index in [0.717, 1.165) is 31.9 Å². The molecule has 0 unspecified atom stereocenters. The van der Waals surface area contributed by atoms with Gasteiger partial charge in [0, 0.05) is 18.0 Å². The number of rotatable bonds is 10. The lowest BCUT2D eigenvalue weighted by Gasteiger charge is -2.08. The fourth-order valence-corrected chi connectivity index (χ4v) is 2.84. The topological polar surface area (TPSA) is 21.3 Å². The van der Waals surface area contributed by atoms with Crippen LogP contribution < -0.4 is 10.1 Å². The molecule has 0 amide bonds. The first-order valence-corrected chi connectivity index (χ1v) is 8.71. The maximum atomic E-state index is 5.75. The summed E-state index contributed by atoms with van der Waals surface area (Å²) in [7, 11) is 0. The van der Waals surface area contributed by atoms with Crippen LogP contribution in [0.5, 0.6) is 5.75 Å². The average molecular weight is 303 g/mol. The highest BCUT2D eigenvalue weighted by molar-refractivity contribution is 7.09. The van der Waals surface area contributed by atoms with Gasteiger partial charge >= 0.3 is 0 Å². The molecule has 0 saturated heterocycles. The summed E-state index contributed by atoms with van der Waals surface area (Å²) in [5.74, 6) is 0.980. The van der Waals surface area contributed by atoms with Crippen LogP contribution in [0.1, 0.15) is 43.0 Å². The largest absolute Gasteiger partial charge is 0.494 e. The molecule has 21 heavy (non-hydrogen) atoms. The number of nitrogens with one attached hydrogen (secondary N) is 1. The fourth-order valence-electron chi connectivity index (χ4n) is 2.17. The van der Waals surface area contributed by atoms with Gasteiger partial charge < -0.3 is 10.1 Å². The maximum absolute atomic E-state index is 5.75. The predicted molar refractivity (Wildman–Crippen MR) is 90.9 cm³/mol. The normalized spacial score (nSPS) is 10.7. The molecular weight excluding hydrogens is 278 g/mol. The Morgan fingerprint density at radius 3 is 2.57 bits per heavy atom. The van der Waals surface area contributed by atoms with Crippen LogP contribution in [0.15, 0.2) is 41.8 Å². The van der Waals surface area contributed by atoms with Gasteiger partial charge in [-0.25, -0.2) is 0 Å². The third-order valence-corrected chi connectivity index (χ3v) is 4.27. The van der Waals surface area contributed by atoms with E-state index in [1.165, 1.54) is 29.7 Å². The molecule has 1 aromatic heterocycles. The van der Waals surface area contributed by atoms with Crippen LogP contribution in [-0.2, 0) is 13.1 Å². The quantitative estimate of drug-likeness (QED) is 0.624. The summed E-state index contributed by atoms with van der Waals surface area (Å²) < 4.78 is 5.75. The van der Waals surface area contributed by atoms with Gasteiger partial charge in [-0.15, -0.1) is 11.3 Å². The van der Waals surface area contributed by atoms with E-state index in [0.29, 0.717) is 0 Å². The smallest absolute Gasteiger partial charge is 0.119 e. The standard InChI is InChI=1S/C18H25NOS/c1-2-3-4-5-12-20-17-10-8-16(9-11-17)14-19-15-18-7-6-13-21-18/h6-11,13,19H,2-5,12,14-15H2,1H3. The molecule has 0 saturated carbocycles. The molecule has 114 valence electrons. The van der Waals surface area contributed by atoms with Crippen LogP contribution in [0.2, 0.25) is 0 Å². The fraction of sp³-hybridized carbons (Fsp3) is 0.444. The van der Waals surface area contributed by atoms with Crippen molar-refractivity contribution in [3.05, 3.63) is 52.2 Å². The number of thiophene rings is 1. The van der Waals surface area contributed by atoms with Crippen molar-refractivity contribution < 1.29 is 4.74 Å². The lowest BCUT2D eigenvalue weighted by atomic mass is 10.2. The summed E-state index contributed by atoms with van der Waals surface area (Å²) in [4.78, 5) is 1.38. The third-order valence-electron chi connectivity index (χ3n) is 3.40. The predicted octanol–water partition coefficient (Wildman–Crippen LogP) is 5.00. The van der Waals surface area contributed by atoms with Crippen LogP contribution in [0, 0.1) is 0 Å². The molecule has 1 N–H and O–H groups in total. The van der Waals surface area contributed by atoms with Crippen molar-refractivity contribution in [2.24, 2.45) is 0 Å². The summed E-state index contributed by atoms with van der Waals surface area (Å²) in [5, 5.41) is 5.57. The van der Waals surface area contributed by atoms with Gasteiger partial charge in [-0.1, -0.05) is 44.4 Å². The van der Waals surface area contributed by atoms with Gasteiger partial charge in [0.25, 0.3) is 0 Å². The average Bonchev–Trinajstić information content (AvgIpc) is 3.02. The molecule has 0 bridgehead atoms. The van der Waals surface area contributed by atoms with Crippen LogP contribution in [0.4, 0.5) is 0 Å². The number of hydrogen-bond acceptors (Lipinski definition) is 3. The van der Waals surface area contributed by atoms with E-state index in [-0.39, 0.29) is 0 Å². The number of hydrogen-bond donors (Lipinski definition) is 1. The van der Waals surface area contributed by atoms with Crippen molar-refractivity contribution in [3.8, 4) is 5.75 Å². The summed E-state index contributed by atoms with van der Waals surface area (Å²) >= 11 is 1.79. The summed E-state index contributed by atoms with van der Waals surface area (Å²) in [6.45, 7) is 4.89. The van der Waals surface area contributed by atoms with Gasteiger partial charge in [0.1, 0.15) is 5.75 Å². The molecule has 0 aliphatic rings. The number of unbranched alkanes of at least 4 members (excludes halogenated alkanes) is 3.